The molecule has 0 N–H and O–H groups in total. The lowest BCUT2D eigenvalue weighted by Gasteiger charge is -2.15. The topological polar surface area (TPSA) is 46.6 Å². The third-order valence-electron chi connectivity index (χ3n) is 3.64. The number of ether oxygens (including phenoxy) is 1. The maximum Gasteiger partial charge on any atom is 0.254 e. The minimum Gasteiger partial charge on any atom is -0.496 e. The van der Waals surface area contributed by atoms with Gasteiger partial charge in [0.05, 0.1) is 19.2 Å². The van der Waals surface area contributed by atoms with Gasteiger partial charge in [-0.1, -0.05) is 30.3 Å². The van der Waals surface area contributed by atoms with Gasteiger partial charge in [-0.25, -0.2) is 0 Å². The van der Waals surface area contributed by atoms with Crippen LogP contribution in [0, 0.1) is 0 Å². The molecule has 2 aromatic carbocycles. The fraction of sp³-hybridized carbons (Fsp3) is 0.176. The molecule has 0 fully saturated rings. The first-order valence-corrected chi connectivity index (χ1v) is 6.74. The van der Waals surface area contributed by atoms with E-state index < -0.39 is 0 Å². The van der Waals surface area contributed by atoms with Crippen molar-refractivity contribution in [3.63, 3.8) is 0 Å². The van der Waals surface area contributed by atoms with E-state index in [2.05, 4.69) is 0 Å². The number of carbonyl (C=O) groups excluding carboxylic acids is 2. The zero-order valence-electron chi connectivity index (χ0n) is 11.7. The maximum atomic E-state index is 12.4. The monoisotopic (exact) mass is 281 g/mol. The predicted molar refractivity (Wildman–Crippen MR) is 78.5 cm³/mol. The summed E-state index contributed by atoms with van der Waals surface area (Å²) >= 11 is 0. The van der Waals surface area contributed by atoms with E-state index in [0.717, 1.165) is 5.56 Å². The lowest BCUT2D eigenvalue weighted by molar-refractivity contribution is 0.0728. The summed E-state index contributed by atoms with van der Waals surface area (Å²) in [5.41, 5.74) is 2.16. The molecule has 0 aromatic heterocycles. The van der Waals surface area contributed by atoms with Crippen molar-refractivity contribution < 1.29 is 14.3 Å². The predicted octanol–water partition coefficient (Wildman–Crippen LogP) is 2.53. The average molecular weight is 281 g/mol. The van der Waals surface area contributed by atoms with Crippen LogP contribution in [0.25, 0.3) is 0 Å². The molecule has 3 rings (SSSR count). The minimum absolute atomic E-state index is 0.0634. The van der Waals surface area contributed by atoms with Crippen LogP contribution in [0.4, 0.5) is 0 Å². The van der Waals surface area contributed by atoms with Crippen LogP contribution in [-0.4, -0.2) is 30.2 Å². The van der Waals surface area contributed by atoms with Crippen LogP contribution in [0.5, 0.6) is 5.75 Å². The van der Waals surface area contributed by atoms with E-state index in [1.165, 1.54) is 7.11 Å². The zero-order chi connectivity index (χ0) is 14.8. The van der Waals surface area contributed by atoms with Gasteiger partial charge < -0.3 is 9.64 Å². The minimum atomic E-state index is -0.117. The van der Waals surface area contributed by atoms with E-state index >= 15 is 0 Å². The normalized spacial score (nSPS) is 13.2. The number of nitrogens with zero attached hydrogens (tertiary/aromatic N) is 1. The molecule has 0 saturated carbocycles. The van der Waals surface area contributed by atoms with Gasteiger partial charge in [0, 0.05) is 12.1 Å². The fourth-order valence-electron chi connectivity index (χ4n) is 2.58. The SMILES string of the molecule is COc1ccccc1C(=O)CN1Cc2ccccc2C1=O. The van der Waals surface area contributed by atoms with E-state index in [-0.39, 0.29) is 18.2 Å². The molecule has 0 aliphatic carbocycles. The van der Waals surface area contributed by atoms with E-state index in [0.29, 0.717) is 23.4 Å². The smallest absolute Gasteiger partial charge is 0.254 e. The average Bonchev–Trinajstić information content (AvgIpc) is 2.84. The number of ketones is 1. The van der Waals surface area contributed by atoms with Gasteiger partial charge in [-0.05, 0) is 23.8 Å². The van der Waals surface area contributed by atoms with Crippen LogP contribution in [0.2, 0.25) is 0 Å². The van der Waals surface area contributed by atoms with Crippen molar-refractivity contribution in [2.45, 2.75) is 6.54 Å². The molecular formula is C17H15NO3. The fourth-order valence-corrected chi connectivity index (χ4v) is 2.58. The molecule has 0 atom stereocenters. The van der Waals surface area contributed by atoms with Gasteiger partial charge in [0.2, 0.25) is 0 Å². The van der Waals surface area contributed by atoms with E-state index in [4.69, 9.17) is 4.74 Å². The van der Waals surface area contributed by atoms with Gasteiger partial charge in [-0.2, -0.15) is 0 Å². The molecule has 106 valence electrons. The Hall–Kier alpha value is -2.62. The van der Waals surface area contributed by atoms with Gasteiger partial charge in [-0.3, -0.25) is 9.59 Å². The van der Waals surface area contributed by atoms with Crippen LogP contribution in [0.3, 0.4) is 0 Å². The summed E-state index contributed by atoms with van der Waals surface area (Å²) in [6.45, 7) is 0.545. The first kappa shape index (κ1) is 13.4. The molecule has 0 radical (unpaired) electrons. The maximum absolute atomic E-state index is 12.4. The van der Waals surface area contributed by atoms with Gasteiger partial charge in [0.1, 0.15) is 5.75 Å². The number of carbonyl (C=O) groups is 2. The number of amides is 1. The van der Waals surface area contributed by atoms with Crippen molar-refractivity contribution in [3.05, 3.63) is 65.2 Å². The Morgan fingerprint density at radius 1 is 1.14 bits per heavy atom. The molecule has 4 nitrogen and oxygen atoms in total. The van der Waals surface area contributed by atoms with Crippen molar-refractivity contribution >= 4 is 11.7 Å². The van der Waals surface area contributed by atoms with Gasteiger partial charge in [-0.15, -0.1) is 0 Å². The summed E-state index contributed by atoms with van der Waals surface area (Å²) < 4.78 is 5.20. The Morgan fingerprint density at radius 2 is 1.86 bits per heavy atom. The van der Waals surface area contributed by atoms with Crippen molar-refractivity contribution in [2.24, 2.45) is 0 Å². The largest absolute Gasteiger partial charge is 0.496 e. The molecule has 0 unspecified atom stereocenters. The van der Waals surface area contributed by atoms with Crippen molar-refractivity contribution in [1.82, 2.24) is 4.90 Å². The van der Waals surface area contributed by atoms with Crippen molar-refractivity contribution in [3.8, 4) is 5.75 Å². The quantitative estimate of drug-likeness (QED) is 0.809. The Bertz CT molecular complexity index is 709. The lowest BCUT2D eigenvalue weighted by Crippen LogP contribution is -2.30. The molecule has 2 aromatic rings. The second-order valence-electron chi connectivity index (χ2n) is 4.94. The second-order valence-corrected chi connectivity index (χ2v) is 4.94. The molecule has 0 saturated heterocycles. The van der Waals surface area contributed by atoms with E-state index in [1.54, 1.807) is 29.2 Å². The molecule has 4 heteroatoms. The Labute approximate surface area is 123 Å². The Kier molecular flexibility index (Phi) is 3.44. The van der Waals surface area contributed by atoms with Gasteiger partial charge in [0.15, 0.2) is 5.78 Å². The number of methoxy groups -OCH3 is 1. The standard InChI is InChI=1S/C17H15NO3/c1-21-16-9-5-4-8-14(16)15(19)11-18-10-12-6-2-3-7-13(12)17(18)20/h2-9H,10-11H2,1H3. The Balaban J connectivity index is 1.80. The zero-order valence-corrected chi connectivity index (χ0v) is 11.7. The van der Waals surface area contributed by atoms with Crippen molar-refractivity contribution in [1.29, 1.82) is 0 Å². The molecule has 1 aliphatic heterocycles. The number of Topliss-reactive ketones (excluding diaryl/α,β-unsaturated/α-hetero) is 1. The summed E-state index contributed by atoms with van der Waals surface area (Å²) in [6.07, 6.45) is 0. The third-order valence-corrected chi connectivity index (χ3v) is 3.64. The van der Waals surface area contributed by atoms with Crippen LogP contribution < -0.4 is 4.74 Å². The number of rotatable bonds is 4. The van der Waals surface area contributed by atoms with Crippen LogP contribution in [0.15, 0.2) is 48.5 Å². The van der Waals surface area contributed by atoms with Gasteiger partial charge in [0.25, 0.3) is 5.91 Å². The third kappa shape index (κ3) is 2.40. The summed E-state index contributed by atoms with van der Waals surface area (Å²) in [5.74, 6) is 0.328. The number of para-hydroxylation sites is 1. The summed E-state index contributed by atoms with van der Waals surface area (Å²) in [4.78, 5) is 26.2. The van der Waals surface area contributed by atoms with Crippen LogP contribution >= 0.6 is 0 Å². The molecule has 1 amide bonds. The number of hydrogen-bond acceptors (Lipinski definition) is 3. The first-order chi connectivity index (χ1) is 10.2. The number of fused-ring (bicyclic) bond motifs is 1. The van der Waals surface area contributed by atoms with E-state index in [9.17, 15) is 9.59 Å². The Morgan fingerprint density at radius 3 is 2.62 bits per heavy atom. The van der Waals surface area contributed by atoms with Crippen LogP contribution in [-0.2, 0) is 6.54 Å². The van der Waals surface area contributed by atoms with Gasteiger partial charge >= 0.3 is 0 Å². The highest BCUT2D eigenvalue weighted by molar-refractivity contribution is 6.05. The summed E-state index contributed by atoms with van der Waals surface area (Å²) in [6, 6.07) is 14.5. The molecule has 1 heterocycles. The molecule has 0 bridgehead atoms. The highest BCUT2D eigenvalue weighted by Crippen LogP contribution is 2.24. The highest BCUT2D eigenvalue weighted by Gasteiger charge is 2.28. The van der Waals surface area contributed by atoms with Crippen molar-refractivity contribution in [2.75, 3.05) is 13.7 Å². The lowest BCUT2D eigenvalue weighted by atomic mass is 10.1. The highest BCUT2D eigenvalue weighted by atomic mass is 16.5. The molecular weight excluding hydrogens is 266 g/mol. The summed E-state index contributed by atoms with van der Waals surface area (Å²) in [5, 5.41) is 0. The molecule has 0 spiro atoms. The summed E-state index contributed by atoms with van der Waals surface area (Å²) in [7, 11) is 1.53. The second kappa shape index (κ2) is 5.40. The first-order valence-electron chi connectivity index (χ1n) is 6.74. The number of benzene rings is 2. The number of hydrogen-bond donors (Lipinski definition) is 0. The van der Waals surface area contributed by atoms with E-state index in [1.807, 2.05) is 24.3 Å². The molecule has 1 aliphatic rings. The van der Waals surface area contributed by atoms with Crippen LogP contribution in [0.1, 0.15) is 26.3 Å². The molecule has 21 heavy (non-hydrogen) atoms.